The zero-order valence-corrected chi connectivity index (χ0v) is 19.2. The third-order valence-electron chi connectivity index (χ3n) is 5.50. The first-order chi connectivity index (χ1) is 15.7. The first kappa shape index (κ1) is 25.0. The van der Waals surface area contributed by atoms with Gasteiger partial charge in [-0.25, -0.2) is 9.07 Å². The molecule has 0 spiro atoms. The summed E-state index contributed by atoms with van der Waals surface area (Å²) in [6, 6.07) is 21.6. The topological polar surface area (TPSA) is 56.1 Å². The Kier molecular flexibility index (Phi) is 7.40. The van der Waals surface area contributed by atoms with Crippen molar-refractivity contribution in [3.05, 3.63) is 90.4 Å². The molecule has 5 nitrogen and oxygen atoms in total. The number of rotatable bonds is 6. The summed E-state index contributed by atoms with van der Waals surface area (Å²) in [7, 11) is 0. The minimum absolute atomic E-state index is 0. The first-order valence-corrected chi connectivity index (χ1v) is 11.0. The summed E-state index contributed by atoms with van der Waals surface area (Å²) >= 11 is 0. The van der Waals surface area contributed by atoms with Crippen molar-refractivity contribution in [2.75, 3.05) is 0 Å². The number of fused-ring (bicyclic) bond motifs is 1. The van der Waals surface area contributed by atoms with Gasteiger partial charge in [-0.2, -0.15) is 5.10 Å². The van der Waals surface area contributed by atoms with Crippen LogP contribution in [0.5, 0.6) is 5.75 Å². The molecule has 1 aromatic heterocycles. The molecule has 34 heavy (non-hydrogen) atoms. The van der Waals surface area contributed by atoms with Gasteiger partial charge in [-0.3, -0.25) is 4.79 Å². The van der Waals surface area contributed by atoms with Crippen molar-refractivity contribution in [3.8, 4) is 11.4 Å². The number of nitrogens with zero attached hydrogens (tertiary/aromatic N) is 2. The van der Waals surface area contributed by atoms with E-state index in [1.165, 1.54) is 12.1 Å². The summed E-state index contributed by atoms with van der Waals surface area (Å²) in [5.74, 6) is 0.355. The molecule has 0 aliphatic rings. The third-order valence-corrected chi connectivity index (χ3v) is 5.50. The lowest BCUT2D eigenvalue weighted by molar-refractivity contribution is -0.129. The molecule has 0 bridgehead atoms. The predicted molar refractivity (Wildman–Crippen MR) is 135 cm³/mol. The summed E-state index contributed by atoms with van der Waals surface area (Å²) in [4.78, 5) is 12.6. The van der Waals surface area contributed by atoms with E-state index in [1.807, 2.05) is 76.2 Å². The van der Waals surface area contributed by atoms with Crippen molar-refractivity contribution in [1.29, 1.82) is 0 Å². The van der Waals surface area contributed by atoms with Gasteiger partial charge in [0, 0.05) is 10.8 Å². The fourth-order valence-corrected chi connectivity index (χ4v) is 3.62. The number of amides is 1. The van der Waals surface area contributed by atoms with Gasteiger partial charge in [-0.1, -0.05) is 58.5 Å². The van der Waals surface area contributed by atoms with Crippen LogP contribution in [0.3, 0.4) is 0 Å². The van der Waals surface area contributed by atoms with Crippen LogP contribution >= 0.6 is 0 Å². The first-order valence-electron chi connectivity index (χ1n) is 11.0. The minimum Gasteiger partial charge on any atom is -0.484 e. The lowest BCUT2D eigenvalue weighted by atomic mass is 9.94. The van der Waals surface area contributed by atoms with Crippen LogP contribution in [0.4, 0.5) is 4.39 Å². The molecule has 1 amide bonds. The van der Waals surface area contributed by atoms with Gasteiger partial charge in [0.25, 0.3) is 0 Å². The van der Waals surface area contributed by atoms with Crippen LogP contribution in [0.25, 0.3) is 16.6 Å². The Balaban J connectivity index is 0.00000324. The molecule has 0 saturated carbocycles. The van der Waals surface area contributed by atoms with Crippen LogP contribution in [0.2, 0.25) is 0 Å². The van der Waals surface area contributed by atoms with Crippen molar-refractivity contribution in [3.63, 3.8) is 0 Å². The summed E-state index contributed by atoms with van der Waals surface area (Å²) in [5, 5.41) is 8.45. The lowest BCUT2D eigenvalue weighted by Crippen LogP contribution is -2.44. The zero-order valence-electron chi connectivity index (χ0n) is 19.2. The fraction of sp³-hybridized carbons (Fsp3) is 0.286. The standard InChI is InChI=1S/C27H28FN3O2.CH4/c1-18(30-26(32)27(2,3)4)25(19-8-6-5-7-9-19)33-23-14-15-24-20(16-23)17-29-31(24)22-12-10-21(28)11-13-22;/h5-18,25H,1-4H3,(H,30,32);1H4/t18-,25-;/m0./s1. The number of nitrogens with one attached hydrogen (secondary N) is 1. The van der Waals surface area contributed by atoms with Crippen LogP contribution in [0, 0.1) is 11.2 Å². The minimum atomic E-state index is -0.497. The average molecular weight is 462 g/mol. The molecular weight excluding hydrogens is 429 g/mol. The van der Waals surface area contributed by atoms with Crippen LogP contribution < -0.4 is 10.1 Å². The van der Waals surface area contributed by atoms with E-state index in [4.69, 9.17) is 4.74 Å². The van der Waals surface area contributed by atoms with E-state index in [0.29, 0.717) is 5.75 Å². The summed E-state index contributed by atoms with van der Waals surface area (Å²) in [6.07, 6.45) is 1.38. The van der Waals surface area contributed by atoms with Crippen LogP contribution in [-0.2, 0) is 4.79 Å². The van der Waals surface area contributed by atoms with Crippen LogP contribution in [-0.4, -0.2) is 21.7 Å². The van der Waals surface area contributed by atoms with Crippen LogP contribution in [0.15, 0.2) is 79.0 Å². The number of carbonyl (C=O) groups excluding carboxylic acids is 1. The van der Waals surface area contributed by atoms with Gasteiger partial charge < -0.3 is 10.1 Å². The number of ether oxygens (including phenoxy) is 1. The Bertz CT molecular complexity index is 1240. The van der Waals surface area contributed by atoms with Crippen molar-refractivity contribution < 1.29 is 13.9 Å². The molecule has 1 heterocycles. The lowest BCUT2D eigenvalue weighted by Gasteiger charge is -2.29. The number of benzene rings is 3. The van der Waals surface area contributed by atoms with E-state index < -0.39 is 5.41 Å². The van der Waals surface area contributed by atoms with E-state index in [2.05, 4.69) is 10.4 Å². The van der Waals surface area contributed by atoms with E-state index in [0.717, 1.165) is 22.2 Å². The maximum Gasteiger partial charge on any atom is 0.225 e. The second-order valence-electron chi connectivity index (χ2n) is 9.21. The summed E-state index contributed by atoms with van der Waals surface area (Å²) < 4.78 is 21.5. The van der Waals surface area contributed by atoms with Crippen molar-refractivity contribution in [1.82, 2.24) is 15.1 Å². The highest BCUT2D eigenvalue weighted by atomic mass is 19.1. The van der Waals surface area contributed by atoms with Gasteiger partial charge in [-0.05, 0) is 55.0 Å². The summed E-state index contributed by atoms with van der Waals surface area (Å²) in [5.41, 5.74) is 2.14. The molecule has 0 unspecified atom stereocenters. The SMILES string of the molecule is C.C[C@H](NC(=O)C(C)(C)C)[C@H](Oc1ccc2c(cnn2-c2ccc(F)cc2)c1)c1ccccc1. The quantitative estimate of drug-likeness (QED) is 0.358. The Morgan fingerprint density at radius 1 is 1.03 bits per heavy atom. The maximum absolute atomic E-state index is 13.3. The van der Waals surface area contributed by atoms with Gasteiger partial charge >= 0.3 is 0 Å². The molecule has 178 valence electrons. The zero-order chi connectivity index (χ0) is 23.6. The van der Waals surface area contributed by atoms with E-state index >= 15 is 0 Å². The maximum atomic E-state index is 13.3. The Labute approximate surface area is 200 Å². The molecular formula is C28H32FN3O2. The molecule has 2 atom stereocenters. The van der Waals surface area contributed by atoms with E-state index in [1.54, 1.807) is 23.0 Å². The average Bonchev–Trinajstić information content (AvgIpc) is 3.21. The smallest absolute Gasteiger partial charge is 0.225 e. The van der Waals surface area contributed by atoms with E-state index in [-0.39, 0.29) is 31.3 Å². The monoisotopic (exact) mass is 461 g/mol. The van der Waals surface area contributed by atoms with Gasteiger partial charge in [0.05, 0.1) is 23.4 Å². The predicted octanol–water partition coefficient (Wildman–Crippen LogP) is 6.47. The number of aromatic nitrogens is 2. The largest absolute Gasteiger partial charge is 0.484 e. The van der Waals surface area contributed by atoms with Crippen molar-refractivity contribution in [2.45, 2.75) is 47.3 Å². The van der Waals surface area contributed by atoms with Gasteiger partial charge in [0.1, 0.15) is 17.7 Å². The number of hydrogen-bond donors (Lipinski definition) is 1. The Morgan fingerprint density at radius 3 is 2.35 bits per heavy atom. The van der Waals surface area contributed by atoms with Crippen molar-refractivity contribution >= 4 is 16.8 Å². The van der Waals surface area contributed by atoms with Gasteiger partial charge in [-0.15, -0.1) is 0 Å². The normalized spacial score (nSPS) is 13.1. The molecule has 4 rings (SSSR count). The Morgan fingerprint density at radius 2 is 1.71 bits per heavy atom. The van der Waals surface area contributed by atoms with Crippen molar-refractivity contribution in [2.24, 2.45) is 5.41 Å². The van der Waals surface area contributed by atoms with Crippen LogP contribution in [0.1, 0.15) is 46.8 Å². The molecule has 0 radical (unpaired) electrons. The highest BCUT2D eigenvalue weighted by Crippen LogP contribution is 2.29. The molecule has 4 aromatic rings. The second-order valence-corrected chi connectivity index (χ2v) is 9.21. The Hall–Kier alpha value is -3.67. The number of halogens is 1. The molecule has 0 aliphatic carbocycles. The molecule has 0 aliphatic heterocycles. The highest BCUT2D eigenvalue weighted by molar-refractivity contribution is 5.82. The molecule has 0 fully saturated rings. The molecule has 3 aromatic carbocycles. The van der Waals surface area contributed by atoms with E-state index in [9.17, 15) is 9.18 Å². The number of hydrogen-bond acceptors (Lipinski definition) is 3. The molecule has 6 heteroatoms. The molecule has 0 saturated heterocycles. The van der Waals surface area contributed by atoms with Gasteiger partial charge in [0.15, 0.2) is 0 Å². The highest BCUT2D eigenvalue weighted by Gasteiger charge is 2.28. The third kappa shape index (κ3) is 5.45. The second kappa shape index (κ2) is 10.1. The molecule has 1 N–H and O–H groups in total. The number of carbonyl (C=O) groups is 1. The van der Waals surface area contributed by atoms with Gasteiger partial charge in [0.2, 0.25) is 5.91 Å². The fourth-order valence-electron chi connectivity index (χ4n) is 3.62. The summed E-state index contributed by atoms with van der Waals surface area (Å²) in [6.45, 7) is 7.62.